The highest BCUT2D eigenvalue weighted by Crippen LogP contribution is 2.19. The molecule has 0 fully saturated rings. The number of hydrogen-bond acceptors (Lipinski definition) is 3. The molecule has 1 heterocycles. The Bertz CT molecular complexity index is 727. The molecule has 2 aromatic rings. The van der Waals surface area contributed by atoms with Crippen LogP contribution in [0.3, 0.4) is 0 Å². The average Bonchev–Trinajstić information content (AvgIpc) is 2.42. The monoisotopic (exact) mass is 326 g/mol. The molecule has 2 rings (SSSR count). The SMILES string of the molecule is CCCc1nc2cccc(Cl)c2c(=O)n1CCCS(C)=O. The minimum Gasteiger partial charge on any atom is -0.296 e. The maximum absolute atomic E-state index is 12.7. The van der Waals surface area contributed by atoms with Crippen LogP contribution in [0.15, 0.2) is 23.0 Å². The van der Waals surface area contributed by atoms with Gasteiger partial charge in [-0.25, -0.2) is 4.98 Å². The fourth-order valence-corrected chi connectivity index (χ4v) is 3.13. The highest BCUT2D eigenvalue weighted by Gasteiger charge is 2.12. The Morgan fingerprint density at radius 2 is 2.14 bits per heavy atom. The van der Waals surface area contributed by atoms with Gasteiger partial charge in [0.25, 0.3) is 5.56 Å². The molecule has 0 radical (unpaired) electrons. The summed E-state index contributed by atoms with van der Waals surface area (Å²) in [5, 5.41) is 0.900. The van der Waals surface area contributed by atoms with Gasteiger partial charge in [0.2, 0.25) is 0 Å². The number of hydrogen-bond donors (Lipinski definition) is 0. The van der Waals surface area contributed by atoms with Crippen molar-refractivity contribution < 1.29 is 4.21 Å². The molecule has 1 unspecified atom stereocenters. The molecule has 0 saturated heterocycles. The molecule has 0 aliphatic rings. The molecular weight excluding hydrogens is 308 g/mol. The van der Waals surface area contributed by atoms with Gasteiger partial charge in [0.15, 0.2) is 0 Å². The third-order valence-corrected chi connectivity index (χ3v) is 4.48. The summed E-state index contributed by atoms with van der Waals surface area (Å²) in [5.74, 6) is 1.36. The number of rotatable bonds is 6. The molecule has 1 aromatic heterocycles. The van der Waals surface area contributed by atoms with Gasteiger partial charge in [-0.3, -0.25) is 13.6 Å². The van der Waals surface area contributed by atoms with Crippen molar-refractivity contribution in [3.8, 4) is 0 Å². The standard InChI is InChI=1S/C15H19ClN2O2S/c1-3-6-13-17-12-8-4-7-11(16)14(12)15(19)18(13)9-5-10-21(2)20/h4,7-8H,3,5-6,9-10H2,1-2H3. The first-order valence-corrected chi connectivity index (χ1v) is 9.13. The average molecular weight is 327 g/mol. The van der Waals surface area contributed by atoms with Gasteiger partial charge in [-0.2, -0.15) is 0 Å². The van der Waals surface area contributed by atoms with E-state index >= 15 is 0 Å². The first kappa shape index (κ1) is 16.2. The second kappa shape index (κ2) is 7.18. The summed E-state index contributed by atoms with van der Waals surface area (Å²) in [6.45, 7) is 2.58. The minimum absolute atomic E-state index is 0.101. The summed E-state index contributed by atoms with van der Waals surface area (Å²) in [5.41, 5.74) is 0.544. The number of aromatic nitrogens is 2. The van der Waals surface area contributed by atoms with E-state index in [-0.39, 0.29) is 5.56 Å². The van der Waals surface area contributed by atoms with Crippen LogP contribution < -0.4 is 5.56 Å². The predicted octanol–water partition coefficient (Wildman–Crippen LogP) is 2.77. The van der Waals surface area contributed by atoms with Crippen LogP contribution in [0.25, 0.3) is 10.9 Å². The zero-order chi connectivity index (χ0) is 15.4. The second-order valence-electron chi connectivity index (χ2n) is 5.00. The van der Waals surface area contributed by atoms with Crippen LogP contribution in [0.5, 0.6) is 0 Å². The fourth-order valence-electron chi connectivity index (χ4n) is 2.34. The Morgan fingerprint density at radius 1 is 1.38 bits per heavy atom. The lowest BCUT2D eigenvalue weighted by molar-refractivity contribution is 0.598. The molecule has 0 bridgehead atoms. The number of halogens is 1. The van der Waals surface area contributed by atoms with Crippen molar-refractivity contribution in [2.45, 2.75) is 32.7 Å². The largest absolute Gasteiger partial charge is 0.296 e. The molecule has 0 aliphatic heterocycles. The van der Waals surface area contributed by atoms with E-state index < -0.39 is 10.8 Å². The highest BCUT2D eigenvalue weighted by atomic mass is 35.5. The lowest BCUT2D eigenvalue weighted by Crippen LogP contribution is -2.26. The van der Waals surface area contributed by atoms with E-state index in [4.69, 9.17) is 11.6 Å². The summed E-state index contributed by atoms with van der Waals surface area (Å²) < 4.78 is 12.9. The molecule has 0 aliphatic carbocycles. The summed E-state index contributed by atoms with van der Waals surface area (Å²) >= 11 is 6.15. The van der Waals surface area contributed by atoms with Gasteiger partial charge in [0.05, 0.1) is 15.9 Å². The zero-order valence-electron chi connectivity index (χ0n) is 12.3. The van der Waals surface area contributed by atoms with Gasteiger partial charge >= 0.3 is 0 Å². The van der Waals surface area contributed by atoms with Gasteiger partial charge in [-0.1, -0.05) is 24.6 Å². The lowest BCUT2D eigenvalue weighted by Gasteiger charge is -2.13. The first-order valence-electron chi connectivity index (χ1n) is 7.02. The third-order valence-electron chi connectivity index (χ3n) is 3.30. The molecule has 1 atom stereocenters. The zero-order valence-corrected chi connectivity index (χ0v) is 13.8. The second-order valence-corrected chi connectivity index (χ2v) is 6.96. The van der Waals surface area contributed by atoms with E-state index in [2.05, 4.69) is 11.9 Å². The first-order chi connectivity index (χ1) is 10.0. The summed E-state index contributed by atoms with van der Waals surface area (Å²) in [6.07, 6.45) is 4.02. The van der Waals surface area contributed by atoms with E-state index in [0.29, 0.717) is 34.6 Å². The minimum atomic E-state index is -0.850. The topological polar surface area (TPSA) is 52.0 Å². The predicted molar refractivity (Wildman–Crippen MR) is 88.6 cm³/mol. The van der Waals surface area contributed by atoms with E-state index in [1.54, 1.807) is 23.0 Å². The van der Waals surface area contributed by atoms with Crippen LogP contribution >= 0.6 is 11.6 Å². The molecule has 0 amide bonds. The Hall–Kier alpha value is -1.20. The summed E-state index contributed by atoms with van der Waals surface area (Å²) in [6, 6.07) is 5.32. The van der Waals surface area contributed by atoms with Crippen molar-refractivity contribution in [2.75, 3.05) is 12.0 Å². The van der Waals surface area contributed by atoms with Crippen molar-refractivity contribution in [3.63, 3.8) is 0 Å². The maximum atomic E-state index is 12.7. The third kappa shape index (κ3) is 3.71. The Kier molecular flexibility index (Phi) is 5.53. The van der Waals surface area contributed by atoms with Crippen LogP contribution in [0.1, 0.15) is 25.6 Å². The van der Waals surface area contributed by atoms with Crippen molar-refractivity contribution in [2.24, 2.45) is 0 Å². The highest BCUT2D eigenvalue weighted by molar-refractivity contribution is 7.84. The Morgan fingerprint density at radius 3 is 2.81 bits per heavy atom. The molecule has 6 heteroatoms. The molecule has 21 heavy (non-hydrogen) atoms. The van der Waals surface area contributed by atoms with E-state index in [1.807, 2.05) is 6.07 Å². The van der Waals surface area contributed by atoms with Crippen LogP contribution in [-0.4, -0.2) is 25.8 Å². The fraction of sp³-hybridized carbons (Fsp3) is 0.467. The van der Waals surface area contributed by atoms with Crippen molar-refractivity contribution in [1.82, 2.24) is 9.55 Å². The molecule has 0 spiro atoms. The number of benzene rings is 1. The number of nitrogens with zero attached hydrogens (tertiary/aromatic N) is 2. The molecule has 4 nitrogen and oxygen atoms in total. The van der Waals surface area contributed by atoms with Gasteiger partial charge in [-0.15, -0.1) is 0 Å². The maximum Gasteiger partial charge on any atom is 0.262 e. The smallest absolute Gasteiger partial charge is 0.262 e. The molecule has 114 valence electrons. The molecular formula is C15H19ClN2O2S. The van der Waals surface area contributed by atoms with Crippen LogP contribution in [0.4, 0.5) is 0 Å². The van der Waals surface area contributed by atoms with Gasteiger partial charge < -0.3 is 0 Å². The van der Waals surface area contributed by atoms with Crippen LogP contribution in [0, 0.1) is 0 Å². The molecule has 1 aromatic carbocycles. The van der Waals surface area contributed by atoms with Crippen molar-refractivity contribution in [3.05, 3.63) is 39.4 Å². The number of aryl methyl sites for hydroxylation is 1. The molecule has 0 N–H and O–H groups in total. The van der Waals surface area contributed by atoms with Gasteiger partial charge in [0, 0.05) is 35.8 Å². The summed E-state index contributed by atoms with van der Waals surface area (Å²) in [7, 11) is -0.850. The van der Waals surface area contributed by atoms with Crippen molar-refractivity contribution >= 4 is 33.3 Å². The Balaban J connectivity index is 2.51. The Labute approximate surface area is 131 Å². The summed E-state index contributed by atoms with van der Waals surface area (Å²) in [4.78, 5) is 17.3. The van der Waals surface area contributed by atoms with Crippen molar-refractivity contribution in [1.29, 1.82) is 0 Å². The quantitative estimate of drug-likeness (QED) is 0.820. The number of fused-ring (bicyclic) bond motifs is 1. The van der Waals surface area contributed by atoms with E-state index in [1.165, 1.54) is 0 Å². The van der Waals surface area contributed by atoms with Gasteiger partial charge in [-0.05, 0) is 25.0 Å². The lowest BCUT2D eigenvalue weighted by atomic mass is 10.2. The normalized spacial score (nSPS) is 12.7. The van der Waals surface area contributed by atoms with Crippen LogP contribution in [-0.2, 0) is 23.8 Å². The van der Waals surface area contributed by atoms with Gasteiger partial charge in [0.1, 0.15) is 5.82 Å². The molecule has 0 saturated carbocycles. The van der Waals surface area contributed by atoms with E-state index in [9.17, 15) is 9.00 Å². The van der Waals surface area contributed by atoms with Crippen LogP contribution in [0.2, 0.25) is 5.02 Å². The van der Waals surface area contributed by atoms with E-state index in [0.717, 1.165) is 18.7 Å².